The second-order valence-electron chi connectivity index (χ2n) is 7.62. The summed E-state index contributed by atoms with van der Waals surface area (Å²) in [6.07, 6.45) is 3.44. The van der Waals surface area contributed by atoms with Gasteiger partial charge in [-0.3, -0.25) is 14.2 Å². The number of nitrogens with zero attached hydrogens (tertiary/aromatic N) is 3. The van der Waals surface area contributed by atoms with Crippen molar-refractivity contribution >= 4 is 45.7 Å². The van der Waals surface area contributed by atoms with Gasteiger partial charge in [0, 0.05) is 22.7 Å². The number of methoxy groups -OCH3 is 1. The monoisotopic (exact) mass is 483 g/mol. The topological polar surface area (TPSA) is 101 Å². The standard InChI is InChI=1S/C26H21N5O3S/c1-34-19-12-10-18(11-13-19)31-25(33)21-7-3-5-9-23(21)29-26(31)35-16-24(32)30-28-15-17-14-27-22-8-4-2-6-20(17)22/h2-15,27H,16H2,1H3,(H,30,32)/b28-15-. The zero-order valence-corrected chi connectivity index (χ0v) is 19.6. The highest BCUT2D eigenvalue weighted by molar-refractivity contribution is 7.99. The lowest BCUT2D eigenvalue weighted by molar-refractivity contribution is -0.118. The Hall–Kier alpha value is -4.37. The van der Waals surface area contributed by atoms with Crippen LogP contribution in [0.5, 0.6) is 5.75 Å². The summed E-state index contributed by atoms with van der Waals surface area (Å²) in [4.78, 5) is 33.6. The van der Waals surface area contributed by atoms with Crippen molar-refractivity contribution in [2.75, 3.05) is 12.9 Å². The van der Waals surface area contributed by atoms with E-state index >= 15 is 0 Å². The van der Waals surface area contributed by atoms with E-state index in [1.54, 1.807) is 55.8 Å². The van der Waals surface area contributed by atoms with Crippen molar-refractivity contribution in [2.24, 2.45) is 5.10 Å². The van der Waals surface area contributed by atoms with Crippen LogP contribution in [0.25, 0.3) is 27.5 Å². The summed E-state index contributed by atoms with van der Waals surface area (Å²) >= 11 is 1.17. The Morgan fingerprint density at radius 1 is 1.09 bits per heavy atom. The van der Waals surface area contributed by atoms with Crippen molar-refractivity contribution < 1.29 is 9.53 Å². The summed E-state index contributed by atoms with van der Waals surface area (Å²) in [5.41, 5.74) is 5.41. The van der Waals surface area contributed by atoms with Crippen LogP contribution in [-0.2, 0) is 4.79 Å². The minimum absolute atomic E-state index is 0.0339. The number of hydrogen-bond donors (Lipinski definition) is 2. The zero-order valence-electron chi connectivity index (χ0n) is 18.8. The van der Waals surface area contributed by atoms with Crippen molar-refractivity contribution in [3.05, 3.63) is 94.9 Å². The Morgan fingerprint density at radius 2 is 1.83 bits per heavy atom. The van der Waals surface area contributed by atoms with E-state index in [1.807, 2.05) is 36.5 Å². The number of hydrazone groups is 1. The number of H-pyrrole nitrogens is 1. The first kappa shape index (κ1) is 22.4. The first-order chi connectivity index (χ1) is 17.1. The Labute approximate surface area is 204 Å². The summed E-state index contributed by atoms with van der Waals surface area (Å²) in [6.45, 7) is 0. The van der Waals surface area contributed by atoms with Gasteiger partial charge in [-0.25, -0.2) is 10.4 Å². The molecule has 8 nitrogen and oxygen atoms in total. The first-order valence-electron chi connectivity index (χ1n) is 10.8. The number of nitrogens with one attached hydrogen (secondary N) is 2. The van der Waals surface area contributed by atoms with Crippen molar-refractivity contribution in [1.29, 1.82) is 0 Å². The van der Waals surface area contributed by atoms with Crippen LogP contribution in [-0.4, -0.2) is 39.5 Å². The number of thioether (sulfide) groups is 1. The molecule has 0 aliphatic heterocycles. The molecule has 0 unspecified atom stereocenters. The fraction of sp³-hybridized carbons (Fsp3) is 0.0769. The van der Waals surface area contributed by atoms with Crippen LogP contribution < -0.4 is 15.7 Å². The summed E-state index contributed by atoms with van der Waals surface area (Å²) < 4.78 is 6.74. The maximum atomic E-state index is 13.3. The molecular formula is C26H21N5O3S. The molecule has 1 amide bonds. The third-order valence-electron chi connectivity index (χ3n) is 5.42. The van der Waals surface area contributed by atoms with Gasteiger partial charge >= 0.3 is 0 Å². The zero-order chi connectivity index (χ0) is 24.2. The molecule has 3 aromatic carbocycles. The van der Waals surface area contributed by atoms with Gasteiger partial charge in [-0.1, -0.05) is 42.1 Å². The van der Waals surface area contributed by atoms with Crippen LogP contribution in [0, 0.1) is 0 Å². The number of aromatic amines is 1. The summed E-state index contributed by atoms with van der Waals surface area (Å²) in [5.74, 6) is 0.401. The number of amides is 1. The molecule has 0 atom stereocenters. The number of rotatable bonds is 7. The third-order valence-corrected chi connectivity index (χ3v) is 6.36. The van der Waals surface area contributed by atoms with E-state index in [1.165, 1.54) is 16.3 Å². The molecule has 2 aromatic heterocycles. The average Bonchev–Trinajstić information content (AvgIpc) is 3.31. The molecule has 0 bridgehead atoms. The molecule has 0 saturated heterocycles. The Bertz CT molecular complexity index is 1610. The number of hydrogen-bond acceptors (Lipinski definition) is 6. The summed E-state index contributed by atoms with van der Waals surface area (Å²) in [5, 5.41) is 6.01. The smallest absolute Gasteiger partial charge is 0.266 e. The second kappa shape index (κ2) is 9.86. The Kier molecular flexibility index (Phi) is 6.32. The molecule has 174 valence electrons. The van der Waals surface area contributed by atoms with Crippen molar-refractivity contribution in [1.82, 2.24) is 20.0 Å². The molecule has 9 heteroatoms. The lowest BCUT2D eigenvalue weighted by Crippen LogP contribution is -2.24. The molecule has 5 rings (SSSR count). The van der Waals surface area contributed by atoms with Crippen LogP contribution in [0.15, 0.2) is 94.0 Å². The lowest BCUT2D eigenvalue weighted by Gasteiger charge is -2.13. The molecule has 0 radical (unpaired) electrons. The van der Waals surface area contributed by atoms with E-state index in [9.17, 15) is 9.59 Å². The third kappa shape index (κ3) is 4.67. The molecule has 0 aliphatic carbocycles. The van der Waals surface area contributed by atoms with E-state index in [-0.39, 0.29) is 17.2 Å². The number of fused-ring (bicyclic) bond motifs is 2. The van der Waals surface area contributed by atoms with E-state index in [2.05, 4.69) is 20.5 Å². The molecule has 2 N–H and O–H groups in total. The summed E-state index contributed by atoms with van der Waals surface area (Å²) in [7, 11) is 1.58. The largest absolute Gasteiger partial charge is 0.497 e. The highest BCUT2D eigenvalue weighted by Gasteiger charge is 2.15. The normalized spacial score (nSPS) is 11.3. The van der Waals surface area contributed by atoms with Gasteiger partial charge in [0.15, 0.2) is 5.16 Å². The van der Waals surface area contributed by atoms with Crippen molar-refractivity contribution in [3.8, 4) is 11.4 Å². The predicted molar refractivity (Wildman–Crippen MR) is 139 cm³/mol. The molecule has 0 spiro atoms. The van der Waals surface area contributed by atoms with Gasteiger partial charge in [-0.15, -0.1) is 0 Å². The first-order valence-corrected chi connectivity index (χ1v) is 11.8. The van der Waals surface area contributed by atoms with Crippen LogP contribution in [0.4, 0.5) is 0 Å². The quantitative estimate of drug-likeness (QED) is 0.157. The highest BCUT2D eigenvalue weighted by atomic mass is 32.2. The molecule has 0 fully saturated rings. The number of carbonyl (C=O) groups is 1. The Balaban J connectivity index is 1.37. The second-order valence-corrected chi connectivity index (χ2v) is 8.56. The molecule has 5 aromatic rings. The van der Waals surface area contributed by atoms with Gasteiger partial charge in [-0.2, -0.15) is 5.10 Å². The van der Waals surface area contributed by atoms with E-state index in [4.69, 9.17) is 4.74 Å². The summed E-state index contributed by atoms with van der Waals surface area (Å²) in [6, 6.07) is 22.1. The van der Waals surface area contributed by atoms with Gasteiger partial charge in [0.05, 0.1) is 35.7 Å². The van der Waals surface area contributed by atoms with Gasteiger partial charge in [0.2, 0.25) is 0 Å². The highest BCUT2D eigenvalue weighted by Crippen LogP contribution is 2.23. The lowest BCUT2D eigenvalue weighted by atomic mass is 10.2. The molecule has 2 heterocycles. The van der Waals surface area contributed by atoms with Gasteiger partial charge in [-0.05, 0) is 42.5 Å². The SMILES string of the molecule is COc1ccc(-n2c(SCC(=O)N/N=C\c3c[nH]c4ccccc34)nc3ccccc3c2=O)cc1. The van der Waals surface area contributed by atoms with Crippen molar-refractivity contribution in [2.45, 2.75) is 5.16 Å². The number of carbonyl (C=O) groups excluding carboxylic acids is 1. The molecule has 0 saturated carbocycles. The van der Waals surface area contributed by atoms with Crippen LogP contribution in [0.3, 0.4) is 0 Å². The number of ether oxygens (including phenoxy) is 1. The van der Waals surface area contributed by atoms with Gasteiger partial charge < -0.3 is 9.72 Å². The maximum Gasteiger partial charge on any atom is 0.266 e. The van der Waals surface area contributed by atoms with Crippen LogP contribution in [0.2, 0.25) is 0 Å². The maximum absolute atomic E-state index is 13.3. The average molecular weight is 484 g/mol. The number of benzene rings is 3. The minimum atomic E-state index is -0.310. The fourth-order valence-electron chi connectivity index (χ4n) is 3.71. The number of aromatic nitrogens is 3. The van der Waals surface area contributed by atoms with E-state index < -0.39 is 0 Å². The Morgan fingerprint density at radius 3 is 2.63 bits per heavy atom. The number of para-hydroxylation sites is 2. The van der Waals surface area contributed by atoms with Crippen LogP contribution in [0.1, 0.15) is 5.56 Å². The van der Waals surface area contributed by atoms with E-state index in [0.29, 0.717) is 27.5 Å². The van der Waals surface area contributed by atoms with Gasteiger partial charge in [0.25, 0.3) is 11.5 Å². The fourth-order valence-corrected chi connectivity index (χ4v) is 4.51. The van der Waals surface area contributed by atoms with Crippen LogP contribution >= 0.6 is 11.8 Å². The predicted octanol–water partition coefficient (Wildman–Crippen LogP) is 4.12. The molecule has 0 aliphatic rings. The molecular weight excluding hydrogens is 462 g/mol. The van der Waals surface area contributed by atoms with Crippen molar-refractivity contribution in [3.63, 3.8) is 0 Å². The minimum Gasteiger partial charge on any atom is -0.497 e. The van der Waals surface area contributed by atoms with Gasteiger partial charge in [0.1, 0.15) is 5.75 Å². The molecule has 35 heavy (non-hydrogen) atoms. The van der Waals surface area contributed by atoms with E-state index in [0.717, 1.165) is 16.5 Å².